The standard InChI is InChI=1S/C35H66N8O8S.C32H63N11O8S/c1-23(45)41-29(22-52)32(48)20-26(21-44)35(51)43-28(13-5-9-17-39)31(47)19-25(11-3-7-15-37)34(50)42-27(12-4-8-16-38)30(46)18-24(33(40)49)10-2-6-14-36;1-20(45)38-26(19-52)32(51)43-25(18-44)31(50)42-24(13-5-9-17-36)30(49)41-23(12-4-8-16-35)29(48)40-22(11-3-7-15-34)28(47)39-21(27(37)46)10-2-6-14-33/h24-29,44,52H,2-22,36-39H2,1H3,(H2,40,49)(H,41,45)(H,42,50)(H,43,51);21-26,44,52H,2-19,33-36H2,1H3,(H2,37,46)(H,38,45)(H,39,47)(H,40,48)(H,41,49)(H,42,50)(H,43,51)/t24-,25-,26+,27+,28+,29+;21?,22-,23?,24-,25?,26-/m10/s1. The molecule has 0 aliphatic rings. The fourth-order valence-corrected chi connectivity index (χ4v) is 11.4. The molecule has 0 aromatic carbocycles. The Morgan fingerprint density at radius 3 is 0.837 bits per heavy atom. The number of Topliss-reactive ketones (excluding diaryl/α,β-unsaturated/α-hetero) is 3. The maximum absolute atomic E-state index is 13.8. The third kappa shape index (κ3) is 45.1. The van der Waals surface area contributed by atoms with Crippen LogP contribution in [-0.2, 0) is 67.1 Å². The molecule has 0 aromatic rings. The summed E-state index contributed by atoms with van der Waals surface area (Å²) >= 11 is 8.13. The number of carbonyl (C=O) groups excluding carboxylic acids is 14. The van der Waals surface area contributed by atoms with Gasteiger partial charge in [0.1, 0.15) is 36.3 Å². The SMILES string of the molecule is CC(=O)N[C@@H](CS)C(=O)C[C@@H](CO)C(=O)N[C@@H](CCCCN)C(=O)C[C@@H](CCCCN)C(=O)N[C@@H](CCCCN)C(=O)C[C@@H](CCCCN)C(N)=O.CC(=O)N[C@@H](CS)C(=O)NC(CO)C(=O)N[C@@H](CCCCN)C(=O)NC(CCCCN)C(=O)N[C@@H](CCCCN)C(=O)NC(CCCCN)C(N)=O. The molecule has 11 amide bonds. The zero-order valence-corrected chi connectivity index (χ0v) is 63.1. The number of ketones is 3. The average Bonchev–Trinajstić information content (AvgIpc) is 0.858. The van der Waals surface area contributed by atoms with Crippen LogP contribution in [0.25, 0.3) is 0 Å². The van der Waals surface area contributed by atoms with Gasteiger partial charge in [0.15, 0.2) is 17.3 Å². The average molecular weight is 1520 g/mol. The number of aliphatic hydroxyl groups is 2. The summed E-state index contributed by atoms with van der Waals surface area (Å²) in [7, 11) is 0. The summed E-state index contributed by atoms with van der Waals surface area (Å²) in [5.41, 5.74) is 56.2. The lowest BCUT2D eigenvalue weighted by Crippen LogP contribution is -2.60. The fraction of sp³-hybridized carbons (Fsp3) is 0.791. The molecule has 12 atom stereocenters. The second kappa shape index (κ2) is 61.6. The van der Waals surface area contributed by atoms with E-state index in [9.17, 15) is 77.3 Å². The summed E-state index contributed by atoms with van der Waals surface area (Å²) in [6.07, 6.45) is 9.78. The summed E-state index contributed by atoms with van der Waals surface area (Å²) in [4.78, 5) is 181. The summed E-state index contributed by atoms with van der Waals surface area (Å²) < 4.78 is 0. The van der Waals surface area contributed by atoms with E-state index in [2.05, 4.69) is 73.1 Å². The predicted molar refractivity (Wildman–Crippen MR) is 402 cm³/mol. The molecule has 0 heterocycles. The van der Waals surface area contributed by atoms with Crippen LogP contribution in [0.1, 0.15) is 187 Å². The van der Waals surface area contributed by atoms with Crippen molar-refractivity contribution in [2.75, 3.05) is 77.1 Å². The van der Waals surface area contributed by atoms with Gasteiger partial charge < -0.3 is 115 Å². The van der Waals surface area contributed by atoms with Gasteiger partial charge in [-0.05, 0) is 194 Å². The Morgan fingerprint density at radius 2 is 0.519 bits per heavy atom. The van der Waals surface area contributed by atoms with Crippen molar-refractivity contribution in [2.24, 2.45) is 75.1 Å². The van der Waals surface area contributed by atoms with Gasteiger partial charge in [0, 0.05) is 56.5 Å². The number of nitrogens with two attached hydrogens (primary N) is 10. The van der Waals surface area contributed by atoms with Crippen LogP contribution in [0, 0.1) is 17.8 Å². The smallest absolute Gasteiger partial charge is 0.245 e. The lowest BCUT2D eigenvalue weighted by atomic mass is 9.89. The van der Waals surface area contributed by atoms with E-state index in [0.29, 0.717) is 162 Å². The summed E-state index contributed by atoms with van der Waals surface area (Å²) in [6, 6.07) is -9.93. The van der Waals surface area contributed by atoms with Gasteiger partial charge in [-0.1, -0.05) is 12.8 Å². The molecule has 35 nitrogen and oxygen atoms in total. The Bertz CT molecular complexity index is 2400. The highest BCUT2D eigenvalue weighted by molar-refractivity contribution is 7.80. The van der Waals surface area contributed by atoms with Crippen LogP contribution >= 0.6 is 25.3 Å². The first-order valence-corrected chi connectivity index (χ1v) is 37.7. The first kappa shape index (κ1) is 99.5. The van der Waals surface area contributed by atoms with E-state index in [-0.39, 0.29) is 75.1 Å². The number of amides is 11. The van der Waals surface area contributed by atoms with Crippen molar-refractivity contribution >= 4 is 108 Å². The monoisotopic (exact) mass is 1520 g/mol. The van der Waals surface area contributed by atoms with E-state index in [1.807, 2.05) is 0 Å². The minimum Gasteiger partial charge on any atom is -0.396 e. The molecular formula is C67H129N19O16S2. The van der Waals surface area contributed by atoms with Crippen LogP contribution in [0.2, 0.25) is 0 Å². The van der Waals surface area contributed by atoms with Gasteiger partial charge in [-0.25, -0.2) is 0 Å². The number of carbonyl (C=O) groups is 14. The van der Waals surface area contributed by atoms with Gasteiger partial charge in [-0.3, -0.25) is 67.1 Å². The molecule has 0 fully saturated rings. The molecule has 0 saturated carbocycles. The number of hydrogen-bond acceptors (Lipinski definition) is 26. The van der Waals surface area contributed by atoms with Crippen molar-refractivity contribution in [1.29, 1.82) is 0 Å². The largest absolute Gasteiger partial charge is 0.396 e. The highest BCUT2D eigenvalue weighted by Crippen LogP contribution is 2.21. The van der Waals surface area contributed by atoms with E-state index in [1.54, 1.807) is 0 Å². The topological polar surface area (TPSA) is 648 Å². The van der Waals surface area contributed by atoms with Gasteiger partial charge in [0.25, 0.3) is 0 Å². The second-order valence-electron chi connectivity index (χ2n) is 25.8. The third-order valence-electron chi connectivity index (χ3n) is 17.0. The van der Waals surface area contributed by atoms with Crippen LogP contribution in [0.3, 0.4) is 0 Å². The van der Waals surface area contributed by atoms with Crippen molar-refractivity contribution in [3.8, 4) is 0 Å². The van der Waals surface area contributed by atoms with Crippen LogP contribution in [0.15, 0.2) is 0 Å². The molecule has 0 spiro atoms. The molecule has 0 aliphatic carbocycles. The lowest BCUT2D eigenvalue weighted by molar-refractivity contribution is -0.136. The molecule has 0 bridgehead atoms. The number of thiol groups is 2. The number of aliphatic hydroxyl groups excluding tert-OH is 2. The maximum Gasteiger partial charge on any atom is 0.245 e. The molecule has 104 heavy (non-hydrogen) atoms. The normalized spacial score (nSPS) is 14.6. The minimum absolute atomic E-state index is 0.00796. The summed E-state index contributed by atoms with van der Waals surface area (Å²) in [5, 5.41) is 43.1. The van der Waals surface area contributed by atoms with Gasteiger partial charge in [0.2, 0.25) is 65.0 Å². The Balaban J connectivity index is 0. The van der Waals surface area contributed by atoms with Crippen LogP contribution < -0.4 is 105 Å². The molecule has 600 valence electrons. The predicted octanol–water partition coefficient (Wildman–Crippen LogP) is -5.05. The number of nitrogens with one attached hydrogen (secondary N) is 9. The number of rotatable bonds is 63. The Morgan fingerprint density at radius 1 is 0.269 bits per heavy atom. The van der Waals surface area contributed by atoms with E-state index >= 15 is 0 Å². The molecule has 0 saturated heterocycles. The van der Waals surface area contributed by atoms with E-state index < -0.39 is 168 Å². The Hall–Kier alpha value is -6.52. The van der Waals surface area contributed by atoms with E-state index in [4.69, 9.17) is 57.3 Å². The minimum atomic E-state index is -1.48. The summed E-state index contributed by atoms with van der Waals surface area (Å²) in [5.74, 6) is -11.4. The molecule has 31 N–H and O–H groups in total. The van der Waals surface area contributed by atoms with E-state index in [0.717, 1.165) is 0 Å². The number of hydrogen-bond donors (Lipinski definition) is 23. The molecule has 0 aliphatic heterocycles. The molecule has 0 radical (unpaired) electrons. The van der Waals surface area contributed by atoms with Gasteiger partial charge in [-0.2, -0.15) is 25.3 Å². The zero-order chi connectivity index (χ0) is 79.0. The highest BCUT2D eigenvalue weighted by atomic mass is 32.1. The quantitative estimate of drug-likeness (QED) is 0.0200. The van der Waals surface area contributed by atoms with Gasteiger partial charge in [-0.15, -0.1) is 0 Å². The van der Waals surface area contributed by atoms with Crippen molar-refractivity contribution in [2.45, 2.75) is 242 Å². The molecule has 3 unspecified atom stereocenters. The van der Waals surface area contributed by atoms with Crippen LogP contribution in [0.5, 0.6) is 0 Å². The van der Waals surface area contributed by atoms with Gasteiger partial charge in [0.05, 0.1) is 37.3 Å². The molecule has 37 heteroatoms. The third-order valence-corrected chi connectivity index (χ3v) is 17.7. The van der Waals surface area contributed by atoms with Crippen LogP contribution in [0.4, 0.5) is 0 Å². The Labute approximate surface area is 623 Å². The first-order valence-electron chi connectivity index (χ1n) is 36.5. The van der Waals surface area contributed by atoms with E-state index in [1.165, 1.54) is 13.8 Å². The van der Waals surface area contributed by atoms with Crippen molar-refractivity contribution in [1.82, 2.24) is 47.9 Å². The molecule has 0 aromatic heterocycles. The van der Waals surface area contributed by atoms with Crippen molar-refractivity contribution in [3.05, 3.63) is 0 Å². The summed E-state index contributed by atoms with van der Waals surface area (Å²) in [6.45, 7) is 3.89. The number of primary amides is 2. The molecule has 0 rings (SSSR count). The molecular weight excluding hydrogens is 1390 g/mol. The highest BCUT2D eigenvalue weighted by Gasteiger charge is 2.36. The Kier molecular flexibility index (Phi) is 59.0. The lowest BCUT2D eigenvalue weighted by Gasteiger charge is -2.27. The zero-order valence-electron chi connectivity index (χ0n) is 61.3. The second-order valence-corrected chi connectivity index (χ2v) is 26.6. The van der Waals surface area contributed by atoms with Crippen LogP contribution in [-0.4, -0.2) is 224 Å². The first-order chi connectivity index (χ1) is 49.6. The fourth-order valence-electron chi connectivity index (χ4n) is 10.9. The number of unbranched alkanes of at least 4 members (excludes halogenated alkanes) is 8. The van der Waals surface area contributed by atoms with Crippen molar-refractivity contribution < 1.29 is 77.3 Å². The van der Waals surface area contributed by atoms with Crippen molar-refractivity contribution in [3.63, 3.8) is 0 Å². The van der Waals surface area contributed by atoms with Gasteiger partial charge >= 0.3 is 0 Å². The maximum atomic E-state index is 13.8.